The molecule has 0 saturated carbocycles. The number of ether oxygens (including phenoxy) is 2. The largest absolute Gasteiger partial charge is 0.465 e. The van der Waals surface area contributed by atoms with Crippen LogP contribution in [0.4, 0.5) is 4.79 Å². The van der Waals surface area contributed by atoms with Gasteiger partial charge in [-0.15, -0.1) is 0 Å². The lowest BCUT2D eigenvalue weighted by Gasteiger charge is -2.38. The van der Waals surface area contributed by atoms with E-state index >= 15 is 0 Å². The predicted molar refractivity (Wildman–Crippen MR) is 132 cm³/mol. The molecule has 0 spiro atoms. The summed E-state index contributed by atoms with van der Waals surface area (Å²) in [5.41, 5.74) is 0.270. The van der Waals surface area contributed by atoms with Crippen molar-refractivity contribution >= 4 is 23.1 Å². The first-order valence-electron chi connectivity index (χ1n) is 11.7. The number of benzene rings is 1. The van der Waals surface area contributed by atoms with Gasteiger partial charge in [-0.2, -0.15) is 5.10 Å². The van der Waals surface area contributed by atoms with Gasteiger partial charge < -0.3 is 19.5 Å². The fraction of sp³-hybridized carbons (Fsp3) is 0.480. The Morgan fingerprint density at radius 3 is 2.33 bits per heavy atom. The number of carbonyl (C=O) groups excluding carboxylic acids is 2. The second-order valence-electron chi connectivity index (χ2n) is 10.1. The summed E-state index contributed by atoms with van der Waals surface area (Å²) in [5.74, 6) is -0.438. The SMILES string of the molecule is COC(=O)c1ccc(-c2c3ncn(CC4(O)CCN(C(=O)OC(C)(C)C)CC4)c(=O)c3nn2C)cc1. The van der Waals surface area contributed by atoms with E-state index < -0.39 is 23.3 Å². The van der Waals surface area contributed by atoms with Gasteiger partial charge in [0, 0.05) is 25.7 Å². The van der Waals surface area contributed by atoms with Crippen LogP contribution in [0, 0.1) is 0 Å². The normalized spacial score (nSPS) is 15.7. The average Bonchev–Trinajstić information content (AvgIpc) is 3.16. The van der Waals surface area contributed by atoms with Crippen molar-refractivity contribution in [2.75, 3.05) is 20.2 Å². The maximum atomic E-state index is 13.2. The summed E-state index contributed by atoms with van der Waals surface area (Å²) in [5, 5.41) is 15.5. The summed E-state index contributed by atoms with van der Waals surface area (Å²) < 4.78 is 13.1. The van der Waals surface area contributed by atoms with Crippen LogP contribution in [0.25, 0.3) is 22.3 Å². The van der Waals surface area contributed by atoms with Gasteiger partial charge in [0.05, 0.1) is 36.8 Å². The number of hydrogen-bond donors (Lipinski definition) is 1. The van der Waals surface area contributed by atoms with Crippen LogP contribution < -0.4 is 5.56 Å². The third-order valence-electron chi connectivity index (χ3n) is 6.20. The zero-order valence-electron chi connectivity index (χ0n) is 21.1. The van der Waals surface area contributed by atoms with Gasteiger partial charge in [0.2, 0.25) is 0 Å². The molecule has 0 radical (unpaired) electrons. The van der Waals surface area contributed by atoms with Crippen molar-refractivity contribution in [1.82, 2.24) is 24.2 Å². The first-order valence-corrected chi connectivity index (χ1v) is 11.7. The standard InChI is InChI=1S/C25H31N5O6/c1-24(2,3)36-23(33)29-12-10-25(34,11-13-29)14-30-15-26-18-19(21(30)31)27-28(4)20(18)16-6-8-17(9-7-16)22(32)35-5/h6-9,15,34H,10-14H2,1-5H3. The Kier molecular flexibility index (Phi) is 6.61. The van der Waals surface area contributed by atoms with Crippen molar-refractivity contribution in [3.8, 4) is 11.3 Å². The summed E-state index contributed by atoms with van der Waals surface area (Å²) in [6.07, 6.45) is 1.61. The first kappa shape index (κ1) is 25.4. The Morgan fingerprint density at radius 1 is 1.11 bits per heavy atom. The smallest absolute Gasteiger partial charge is 0.410 e. The Bertz CT molecular complexity index is 1340. The number of fused-ring (bicyclic) bond motifs is 1. The number of carbonyl (C=O) groups is 2. The van der Waals surface area contributed by atoms with E-state index in [2.05, 4.69) is 10.1 Å². The van der Waals surface area contributed by atoms with Crippen LogP contribution in [0.3, 0.4) is 0 Å². The molecule has 0 aliphatic carbocycles. The molecule has 1 fully saturated rings. The van der Waals surface area contributed by atoms with E-state index in [1.54, 1.807) is 61.7 Å². The highest BCUT2D eigenvalue weighted by atomic mass is 16.6. The number of rotatable bonds is 4. The van der Waals surface area contributed by atoms with Gasteiger partial charge in [-0.05, 0) is 45.7 Å². The highest BCUT2D eigenvalue weighted by Crippen LogP contribution is 2.27. The molecule has 0 atom stereocenters. The number of esters is 1. The van der Waals surface area contributed by atoms with E-state index in [1.807, 2.05) is 0 Å². The van der Waals surface area contributed by atoms with E-state index in [0.717, 1.165) is 5.56 Å². The topological polar surface area (TPSA) is 129 Å². The molecule has 1 aliphatic heterocycles. The first-order chi connectivity index (χ1) is 16.9. The summed E-state index contributed by atoms with van der Waals surface area (Å²) in [6.45, 7) is 6.11. The van der Waals surface area contributed by atoms with Gasteiger partial charge >= 0.3 is 12.1 Å². The zero-order chi connectivity index (χ0) is 26.3. The molecule has 2 aromatic heterocycles. The van der Waals surface area contributed by atoms with E-state index in [1.165, 1.54) is 18.0 Å². The maximum absolute atomic E-state index is 13.2. The number of aliphatic hydroxyl groups is 1. The van der Waals surface area contributed by atoms with Crippen LogP contribution in [0.5, 0.6) is 0 Å². The van der Waals surface area contributed by atoms with Crippen LogP contribution >= 0.6 is 0 Å². The molecular weight excluding hydrogens is 466 g/mol. The number of nitrogens with zero attached hydrogens (tertiary/aromatic N) is 5. The number of likely N-dealkylation sites (tertiary alicyclic amines) is 1. The number of amides is 1. The minimum atomic E-state index is -1.17. The van der Waals surface area contributed by atoms with Crippen molar-refractivity contribution in [1.29, 1.82) is 0 Å². The Hall–Kier alpha value is -3.73. The minimum Gasteiger partial charge on any atom is -0.465 e. The van der Waals surface area contributed by atoms with Gasteiger partial charge in [0.1, 0.15) is 11.1 Å². The molecular formula is C25H31N5O6. The van der Waals surface area contributed by atoms with Crippen molar-refractivity contribution < 1.29 is 24.2 Å². The van der Waals surface area contributed by atoms with Gasteiger partial charge in [0.25, 0.3) is 5.56 Å². The summed E-state index contributed by atoms with van der Waals surface area (Å²) in [7, 11) is 3.04. The molecule has 11 nitrogen and oxygen atoms in total. The Morgan fingerprint density at radius 2 is 1.75 bits per heavy atom. The number of aromatic nitrogens is 4. The molecule has 0 unspecified atom stereocenters. The highest BCUT2D eigenvalue weighted by molar-refractivity contribution is 5.92. The van der Waals surface area contributed by atoms with Crippen LogP contribution in [-0.4, -0.2) is 72.8 Å². The Balaban J connectivity index is 1.54. The molecule has 11 heteroatoms. The molecule has 1 amide bonds. The predicted octanol–water partition coefficient (Wildman–Crippen LogP) is 2.35. The minimum absolute atomic E-state index is 0.0384. The lowest BCUT2D eigenvalue weighted by Crippen LogP contribution is -2.50. The van der Waals surface area contributed by atoms with E-state index in [-0.39, 0.29) is 17.6 Å². The summed E-state index contributed by atoms with van der Waals surface area (Å²) >= 11 is 0. The van der Waals surface area contributed by atoms with Gasteiger partial charge in [-0.1, -0.05) is 12.1 Å². The van der Waals surface area contributed by atoms with Crippen LogP contribution in [0.2, 0.25) is 0 Å². The number of aryl methyl sites for hydroxylation is 1. The molecule has 3 aromatic rings. The molecule has 4 rings (SSSR count). The quantitative estimate of drug-likeness (QED) is 0.544. The molecule has 192 valence electrons. The third kappa shape index (κ3) is 5.11. The van der Waals surface area contributed by atoms with Gasteiger partial charge in [-0.3, -0.25) is 14.0 Å². The number of piperidine rings is 1. The van der Waals surface area contributed by atoms with Crippen LogP contribution in [0.15, 0.2) is 35.4 Å². The zero-order valence-corrected chi connectivity index (χ0v) is 21.1. The monoisotopic (exact) mass is 497 g/mol. The Labute approximate surface area is 208 Å². The number of methoxy groups -OCH3 is 1. The van der Waals surface area contributed by atoms with Crippen molar-refractivity contribution in [3.05, 3.63) is 46.5 Å². The van der Waals surface area contributed by atoms with Gasteiger partial charge in [0.15, 0.2) is 5.52 Å². The highest BCUT2D eigenvalue weighted by Gasteiger charge is 2.36. The molecule has 1 saturated heterocycles. The summed E-state index contributed by atoms with van der Waals surface area (Å²) in [6, 6.07) is 6.77. The molecule has 36 heavy (non-hydrogen) atoms. The van der Waals surface area contributed by atoms with Crippen molar-refractivity contribution in [2.24, 2.45) is 7.05 Å². The lowest BCUT2D eigenvalue weighted by molar-refractivity contribution is -0.0420. The summed E-state index contributed by atoms with van der Waals surface area (Å²) in [4.78, 5) is 43.4. The van der Waals surface area contributed by atoms with Crippen LogP contribution in [0.1, 0.15) is 44.0 Å². The van der Waals surface area contributed by atoms with E-state index in [4.69, 9.17) is 9.47 Å². The fourth-order valence-corrected chi connectivity index (χ4v) is 4.32. The second kappa shape index (κ2) is 9.38. The number of hydrogen-bond acceptors (Lipinski definition) is 8. The van der Waals surface area contributed by atoms with Crippen LogP contribution in [-0.2, 0) is 23.1 Å². The fourth-order valence-electron chi connectivity index (χ4n) is 4.32. The molecule has 3 heterocycles. The van der Waals surface area contributed by atoms with Crippen molar-refractivity contribution in [3.63, 3.8) is 0 Å². The maximum Gasteiger partial charge on any atom is 0.410 e. The van der Waals surface area contributed by atoms with E-state index in [0.29, 0.717) is 42.7 Å². The van der Waals surface area contributed by atoms with E-state index in [9.17, 15) is 19.5 Å². The lowest BCUT2D eigenvalue weighted by atomic mass is 9.91. The third-order valence-corrected chi connectivity index (χ3v) is 6.20. The molecule has 1 aromatic carbocycles. The van der Waals surface area contributed by atoms with Crippen molar-refractivity contribution in [2.45, 2.75) is 51.4 Å². The molecule has 0 bridgehead atoms. The molecule has 1 aliphatic rings. The average molecular weight is 498 g/mol. The molecule has 1 N–H and O–H groups in total. The second-order valence-corrected chi connectivity index (χ2v) is 10.1. The van der Waals surface area contributed by atoms with Gasteiger partial charge in [-0.25, -0.2) is 14.6 Å².